The van der Waals surface area contributed by atoms with Crippen LogP contribution in [0.1, 0.15) is 18.5 Å². The van der Waals surface area contributed by atoms with Gasteiger partial charge in [-0.25, -0.2) is 9.59 Å². The molecule has 0 bridgehead atoms. The number of esters is 1. The van der Waals surface area contributed by atoms with Crippen molar-refractivity contribution in [1.29, 1.82) is 0 Å². The summed E-state index contributed by atoms with van der Waals surface area (Å²) in [5, 5.41) is 15.1. The Bertz CT molecular complexity index is 671. The minimum absolute atomic E-state index is 0.00688. The Kier molecular flexibility index (Phi) is 4.79. The molecule has 8 heteroatoms. The Balaban J connectivity index is 2.58. The molecule has 0 spiro atoms. The number of allylic oxidation sites excluding steroid dienone is 1. The molecule has 3 N–H and O–H groups in total. The van der Waals surface area contributed by atoms with E-state index in [9.17, 15) is 14.7 Å². The second-order valence-electron chi connectivity index (χ2n) is 4.62. The lowest BCUT2D eigenvalue weighted by Gasteiger charge is -2.28. The number of phenols is 1. The highest BCUT2D eigenvalue weighted by atomic mass is 127. The fourth-order valence-electron chi connectivity index (χ4n) is 2.24. The Hall–Kier alpha value is -1.97. The predicted molar refractivity (Wildman–Crippen MR) is 86.5 cm³/mol. The van der Waals surface area contributed by atoms with Crippen molar-refractivity contribution in [2.24, 2.45) is 0 Å². The fourth-order valence-corrected chi connectivity index (χ4v) is 2.87. The van der Waals surface area contributed by atoms with E-state index in [2.05, 4.69) is 10.6 Å². The first kappa shape index (κ1) is 16.4. The molecule has 0 aliphatic carbocycles. The van der Waals surface area contributed by atoms with Gasteiger partial charge in [-0.3, -0.25) is 0 Å². The Morgan fingerprint density at radius 2 is 2.05 bits per heavy atom. The zero-order chi connectivity index (χ0) is 16.4. The predicted octanol–water partition coefficient (Wildman–Crippen LogP) is 1.81. The topological polar surface area (TPSA) is 96.9 Å². The average Bonchev–Trinajstić information content (AvgIpc) is 2.48. The van der Waals surface area contributed by atoms with E-state index < -0.39 is 18.0 Å². The van der Waals surface area contributed by atoms with E-state index in [1.54, 1.807) is 19.1 Å². The van der Waals surface area contributed by atoms with Crippen molar-refractivity contribution in [2.75, 3.05) is 14.2 Å². The number of hydrogen-bond donors (Lipinski definition) is 3. The molecule has 1 atom stereocenters. The summed E-state index contributed by atoms with van der Waals surface area (Å²) in [4.78, 5) is 23.7. The summed E-state index contributed by atoms with van der Waals surface area (Å²) in [5.41, 5.74) is 1.32. The molecule has 1 aliphatic rings. The van der Waals surface area contributed by atoms with Gasteiger partial charge in [0.05, 0.1) is 29.4 Å². The van der Waals surface area contributed by atoms with Gasteiger partial charge in [-0.2, -0.15) is 0 Å². The van der Waals surface area contributed by atoms with Crippen molar-refractivity contribution in [2.45, 2.75) is 13.0 Å². The zero-order valence-electron chi connectivity index (χ0n) is 12.2. The molecule has 0 radical (unpaired) electrons. The number of aromatic hydroxyl groups is 1. The van der Waals surface area contributed by atoms with E-state index in [4.69, 9.17) is 9.47 Å². The number of ether oxygens (including phenoxy) is 2. The van der Waals surface area contributed by atoms with Gasteiger partial charge in [-0.15, -0.1) is 0 Å². The number of amides is 2. The van der Waals surface area contributed by atoms with E-state index in [0.29, 0.717) is 20.4 Å². The van der Waals surface area contributed by atoms with Gasteiger partial charge in [-0.1, -0.05) is 0 Å². The van der Waals surface area contributed by atoms with Crippen LogP contribution >= 0.6 is 22.6 Å². The largest absolute Gasteiger partial charge is 0.504 e. The highest BCUT2D eigenvalue weighted by Gasteiger charge is 2.32. The number of phenolic OH excluding ortho intramolecular Hbond substituents is 1. The highest BCUT2D eigenvalue weighted by molar-refractivity contribution is 14.1. The van der Waals surface area contributed by atoms with Crippen molar-refractivity contribution < 1.29 is 24.2 Å². The summed E-state index contributed by atoms with van der Waals surface area (Å²) in [6.45, 7) is 1.63. The summed E-state index contributed by atoms with van der Waals surface area (Å²) >= 11 is 1.95. The molecule has 7 nitrogen and oxygen atoms in total. The second kappa shape index (κ2) is 6.42. The molecule has 1 aromatic rings. The van der Waals surface area contributed by atoms with E-state index in [-0.39, 0.29) is 11.5 Å². The monoisotopic (exact) mass is 418 g/mol. The number of urea groups is 1. The Morgan fingerprint density at radius 3 is 2.64 bits per heavy atom. The molecule has 0 unspecified atom stereocenters. The van der Waals surface area contributed by atoms with Crippen LogP contribution in [0.4, 0.5) is 4.79 Å². The van der Waals surface area contributed by atoms with Crippen LogP contribution in [-0.4, -0.2) is 31.3 Å². The Labute approximate surface area is 140 Å². The molecule has 1 aliphatic heterocycles. The van der Waals surface area contributed by atoms with Crippen molar-refractivity contribution in [3.63, 3.8) is 0 Å². The average molecular weight is 418 g/mol. The molecule has 22 heavy (non-hydrogen) atoms. The third kappa shape index (κ3) is 2.96. The van der Waals surface area contributed by atoms with Crippen molar-refractivity contribution in [3.8, 4) is 11.5 Å². The van der Waals surface area contributed by atoms with Gasteiger partial charge in [0.2, 0.25) is 0 Å². The molecule has 2 amide bonds. The van der Waals surface area contributed by atoms with E-state index >= 15 is 0 Å². The first-order chi connectivity index (χ1) is 10.4. The van der Waals surface area contributed by atoms with Crippen LogP contribution in [0.25, 0.3) is 0 Å². The quantitative estimate of drug-likeness (QED) is 0.514. The van der Waals surface area contributed by atoms with Crippen LogP contribution in [0.15, 0.2) is 23.4 Å². The molecule has 1 heterocycles. The number of methoxy groups -OCH3 is 2. The van der Waals surface area contributed by atoms with Crippen LogP contribution in [0.5, 0.6) is 11.5 Å². The molecule has 0 saturated carbocycles. The number of hydrogen-bond acceptors (Lipinski definition) is 5. The van der Waals surface area contributed by atoms with Crippen molar-refractivity contribution >= 4 is 34.6 Å². The summed E-state index contributed by atoms with van der Waals surface area (Å²) in [5.74, 6) is -0.277. The maximum atomic E-state index is 12.0. The number of rotatable bonds is 3. The maximum absolute atomic E-state index is 12.0. The summed E-state index contributed by atoms with van der Waals surface area (Å²) in [6.07, 6.45) is 0. The lowest BCUT2D eigenvalue weighted by Crippen LogP contribution is -2.45. The second-order valence-corrected chi connectivity index (χ2v) is 5.78. The van der Waals surface area contributed by atoms with Crippen LogP contribution in [0, 0.1) is 3.57 Å². The normalized spacial score (nSPS) is 17.6. The summed E-state index contributed by atoms with van der Waals surface area (Å²) < 4.78 is 10.4. The summed E-state index contributed by atoms with van der Waals surface area (Å²) in [6, 6.07) is 2.14. The molecule has 118 valence electrons. The van der Waals surface area contributed by atoms with Crippen LogP contribution in [0.3, 0.4) is 0 Å². The maximum Gasteiger partial charge on any atom is 0.337 e. The van der Waals surface area contributed by atoms with Crippen molar-refractivity contribution in [1.82, 2.24) is 10.6 Å². The molecule has 1 aromatic carbocycles. The third-order valence-electron chi connectivity index (χ3n) is 3.28. The zero-order valence-corrected chi connectivity index (χ0v) is 14.3. The van der Waals surface area contributed by atoms with E-state index in [1.165, 1.54) is 14.2 Å². The van der Waals surface area contributed by atoms with Crippen molar-refractivity contribution in [3.05, 3.63) is 32.5 Å². The minimum Gasteiger partial charge on any atom is -0.504 e. The standard InChI is InChI=1S/C14H15IN2O5/c1-6-10(13(19)22-3)11(17-14(20)16-6)7-4-8(15)12(18)9(5-7)21-2/h4-5,11,18H,1-3H3,(H2,16,17,20)/t11-/m0/s1. The van der Waals surface area contributed by atoms with E-state index in [1.807, 2.05) is 22.6 Å². The molecule has 0 fully saturated rings. The first-order valence-electron chi connectivity index (χ1n) is 6.32. The van der Waals surface area contributed by atoms with Crippen LogP contribution in [0.2, 0.25) is 0 Å². The van der Waals surface area contributed by atoms with Gasteiger partial charge in [0.15, 0.2) is 11.5 Å². The smallest absolute Gasteiger partial charge is 0.337 e. The van der Waals surface area contributed by atoms with Gasteiger partial charge in [0, 0.05) is 5.70 Å². The molecule has 2 rings (SSSR count). The Morgan fingerprint density at radius 1 is 1.36 bits per heavy atom. The molecular formula is C14H15IN2O5. The van der Waals surface area contributed by atoms with Gasteiger partial charge in [-0.05, 0) is 47.2 Å². The first-order valence-corrected chi connectivity index (χ1v) is 7.40. The molecular weight excluding hydrogens is 403 g/mol. The number of benzene rings is 1. The summed E-state index contributed by atoms with van der Waals surface area (Å²) in [7, 11) is 2.70. The van der Waals surface area contributed by atoms with Crippen LogP contribution < -0.4 is 15.4 Å². The lowest BCUT2D eigenvalue weighted by molar-refractivity contribution is -0.136. The van der Waals surface area contributed by atoms with Gasteiger partial charge >= 0.3 is 12.0 Å². The molecule has 0 aromatic heterocycles. The lowest BCUT2D eigenvalue weighted by atomic mass is 9.95. The SMILES string of the molecule is COC(=O)C1=C(C)NC(=O)N[C@H]1c1cc(I)c(O)c(OC)c1. The highest BCUT2D eigenvalue weighted by Crippen LogP contribution is 2.37. The minimum atomic E-state index is -0.691. The number of carbonyl (C=O) groups excluding carboxylic acids is 2. The van der Waals surface area contributed by atoms with Gasteiger partial charge in [0.1, 0.15) is 0 Å². The number of nitrogens with one attached hydrogen (secondary N) is 2. The number of halogens is 1. The van der Waals surface area contributed by atoms with E-state index in [0.717, 1.165) is 0 Å². The fraction of sp³-hybridized carbons (Fsp3) is 0.286. The van der Waals surface area contributed by atoms with Crippen LogP contribution in [-0.2, 0) is 9.53 Å². The van der Waals surface area contributed by atoms with Gasteiger partial charge in [0.25, 0.3) is 0 Å². The third-order valence-corrected chi connectivity index (χ3v) is 4.10. The van der Waals surface area contributed by atoms with Gasteiger partial charge < -0.3 is 25.2 Å². The molecule has 0 saturated heterocycles. The number of carbonyl (C=O) groups is 2.